The Bertz CT molecular complexity index is 579. The smallest absolute Gasteiger partial charge is 0.383 e. The van der Waals surface area contributed by atoms with Gasteiger partial charge in [0.15, 0.2) is 0 Å². The molecule has 0 saturated carbocycles. The first-order valence-corrected chi connectivity index (χ1v) is 5.39. The van der Waals surface area contributed by atoms with Crippen LogP contribution < -0.4 is 11.1 Å². The molecular formula is C12H11F3N4. The van der Waals surface area contributed by atoms with E-state index in [0.717, 1.165) is 17.7 Å². The summed E-state index contributed by atoms with van der Waals surface area (Å²) in [6.45, 7) is 1.76. The fourth-order valence-electron chi connectivity index (χ4n) is 1.39. The number of rotatable bonds is 2. The molecule has 0 amide bonds. The fraction of sp³-hybridized carbons (Fsp3) is 0.167. The Kier molecular flexibility index (Phi) is 3.28. The van der Waals surface area contributed by atoms with Gasteiger partial charge in [0.2, 0.25) is 5.95 Å². The number of alkyl halides is 3. The Morgan fingerprint density at radius 1 is 1.16 bits per heavy atom. The first-order chi connectivity index (χ1) is 8.86. The average Bonchev–Trinajstić information content (AvgIpc) is 2.33. The zero-order valence-electron chi connectivity index (χ0n) is 9.99. The average molecular weight is 268 g/mol. The minimum Gasteiger partial charge on any atom is -0.383 e. The molecule has 19 heavy (non-hydrogen) atoms. The van der Waals surface area contributed by atoms with E-state index in [-0.39, 0.29) is 5.95 Å². The molecule has 0 atom stereocenters. The third-order valence-corrected chi connectivity index (χ3v) is 2.48. The van der Waals surface area contributed by atoms with Crippen LogP contribution in [0.25, 0.3) is 0 Å². The lowest BCUT2D eigenvalue weighted by atomic mass is 10.2. The first-order valence-electron chi connectivity index (χ1n) is 5.39. The van der Waals surface area contributed by atoms with Crippen LogP contribution in [0.15, 0.2) is 30.5 Å². The maximum Gasteiger partial charge on any atom is 0.416 e. The molecule has 0 fully saturated rings. The second-order valence-corrected chi connectivity index (χ2v) is 3.96. The molecular weight excluding hydrogens is 257 g/mol. The maximum atomic E-state index is 12.4. The highest BCUT2D eigenvalue weighted by Gasteiger charge is 2.29. The van der Waals surface area contributed by atoms with Crippen LogP contribution in [0.2, 0.25) is 0 Å². The summed E-state index contributed by atoms with van der Waals surface area (Å²) in [5.74, 6) is 0.562. The highest BCUT2D eigenvalue weighted by molar-refractivity contribution is 5.55. The minimum atomic E-state index is -4.34. The summed E-state index contributed by atoms with van der Waals surface area (Å²) >= 11 is 0. The second-order valence-electron chi connectivity index (χ2n) is 3.96. The van der Waals surface area contributed by atoms with Gasteiger partial charge in [-0.05, 0) is 31.2 Å². The molecule has 0 aliphatic carbocycles. The van der Waals surface area contributed by atoms with Gasteiger partial charge in [0.05, 0.1) is 5.56 Å². The third kappa shape index (κ3) is 3.12. The molecule has 0 saturated heterocycles. The molecule has 1 heterocycles. The number of nitrogens with one attached hydrogen (secondary N) is 1. The molecule has 1 aromatic heterocycles. The van der Waals surface area contributed by atoms with Crippen LogP contribution in [0, 0.1) is 6.92 Å². The van der Waals surface area contributed by atoms with Crippen molar-refractivity contribution < 1.29 is 13.2 Å². The van der Waals surface area contributed by atoms with E-state index in [1.54, 1.807) is 6.92 Å². The zero-order valence-corrected chi connectivity index (χ0v) is 9.99. The van der Waals surface area contributed by atoms with Crippen LogP contribution in [0.4, 0.5) is 30.6 Å². The lowest BCUT2D eigenvalue weighted by Gasteiger charge is -2.09. The van der Waals surface area contributed by atoms with Crippen molar-refractivity contribution in [1.29, 1.82) is 0 Å². The van der Waals surface area contributed by atoms with Crippen molar-refractivity contribution in [2.45, 2.75) is 13.1 Å². The van der Waals surface area contributed by atoms with Crippen molar-refractivity contribution >= 4 is 17.5 Å². The first kappa shape index (κ1) is 13.1. The summed E-state index contributed by atoms with van der Waals surface area (Å²) in [4.78, 5) is 7.95. The van der Waals surface area contributed by atoms with Gasteiger partial charge in [-0.3, -0.25) is 0 Å². The molecule has 2 aromatic rings. The summed E-state index contributed by atoms with van der Waals surface area (Å²) in [6, 6.07) is 4.59. The van der Waals surface area contributed by atoms with Gasteiger partial charge in [-0.25, -0.2) is 4.98 Å². The van der Waals surface area contributed by atoms with Gasteiger partial charge in [0.1, 0.15) is 5.82 Å². The number of nitrogen functional groups attached to an aromatic ring is 1. The van der Waals surface area contributed by atoms with Crippen LogP contribution in [0.1, 0.15) is 11.1 Å². The molecule has 7 heteroatoms. The van der Waals surface area contributed by atoms with Gasteiger partial charge in [0.25, 0.3) is 0 Å². The molecule has 0 aliphatic rings. The number of aromatic nitrogens is 2. The number of nitrogens with two attached hydrogens (primary N) is 1. The van der Waals surface area contributed by atoms with Crippen molar-refractivity contribution in [3.8, 4) is 0 Å². The van der Waals surface area contributed by atoms with Gasteiger partial charge < -0.3 is 11.1 Å². The van der Waals surface area contributed by atoms with Crippen molar-refractivity contribution in [3.63, 3.8) is 0 Å². The number of hydrogen-bond donors (Lipinski definition) is 2. The summed E-state index contributed by atoms with van der Waals surface area (Å²) < 4.78 is 37.1. The number of nitrogens with zero attached hydrogens (tertiary/aromatic N) is 2. The fourth-order valence-corrected chi connectivity index (χ4v) is 1.39. The molecule has 0 spiro atoms. The molecule has 0 radical (unpaired) electrons. The topological polar surface area (TPSA) is 63.8 Å². The van der Waals surface area contributed by atoms with Crippen LogP contribution in [0.5, 0.6) is 0 Å². The lowest BCUT2D eigenvalue weighted by Crippen LogP contribution is -2.05. The molecule has 1 aromatic carbocycles. The van der Waals surface area contributed by atoms with Gasteiger partial charge in [-0.1, -0.05) is 0 Å². The number of halogens is 3. The molecule has 100 valence electrons. The van der Waals surface area contributed by atoms with Crippen molar-refractivity contribution in [2.75, 3.05) is 11.1 Å². The quantitative estimate of drug-likeness (QED) is 0.878. The maximum absolute atomic E-state index is 12.4. The Labute approximate surface area is 107 Å². The van der Waals surface area contributed by atoms with Crippen molar-refractivity contribution in [2.24, 2.45) is 0 Å². The number of benzene rings is 1. The lowest BCUT2D eigenvalue weighted by molar-refractivity contribution is -0.137. The van der Waals surface area contributed by atoms with Gasteiger partial charge in [0, 0.05) is 17.4 Å². The second kappa shape index (κ2) is 4.75. The van der Waals surface area contributed by atoms with E-state index in [4.69, 9.17) is 5.73 Å². The summed E-state index contributed by atoms with van der Waals surface area (Å²) in [5, 5.41) is 2.78. The molecule has 2 rings (SSSR count). The Morgan fingerprint density at radius 3 is 2.32 bits per heavy atom. The monoisotopic (exact) mass is 268 g/mol. The van der Waals surface area contributed by atoms with Crippen LogP contribution in [-0.2, 0) is 6.18 Å². The highest BCUT2D eigenvalue weighted by atomic mass is 19.4. The number of hydrogen-bond acceptors (Lipinski definition) is 4. The standard InChI is InChI=1S/C12H11F3N4/c1-7-6-17-11(19-10(7)16)18-9-4-2-8(3-5-9)12(13,14)15/h2-6H,1H3,(H3,16,17,18,19). The number of aryl methyl sites for hydroxylation is 1. The summed E-state index contributed by atoms with van der Waals surface area (Å²) in [6.07, 6.45) is -2.81. The van der Waals surface area contributed by atoms with Crippen LogP contribution in [0.3, 0.4) is 0 Å². The predicted octanol–water partition coefficient (Wildman–Crippen LogP) is 3.13. The molecule has 3 N–H and O–H groups in total. The number of anilines is 3. The van der Waals surface area contributed by atoms with Crippen LogP contribution >= 0.6 is 0 Å². The molecule has 0 aliphatic heterocycles. The van der Waals surface area contributed by atoms with Crippen LogP contribution in [-0.4, -0.2) is 9.97 Å². The third-order valence-electron chi connectivity index (χ3n) is 2.48. The van der Waals surface area contributed by atoms with Gasteiger partial charge >= 0.3 is 6.18 Å². The normalized spacial score (nSPS) is 11.4. The van der Waals surface area contributed by atoms with Crippen molar-refractivity contribution in [1.82, 2.24) is 9.97 Å². The van der Waals surface area contributed by atoms with E-state index in [1.165, 1.54) is 18.3 Å². The SMILES string of the molecule is Cc1cnc(Nc2ccc(C(F)(F)F)cc2)nc1N. The highest BCUT2D eigenvalue weighted by Crippen LogP contribution is 2.30. The van der Waals surface area contributed by atoms with Gasteiger partial charge in [-0.15, -0.1) is 0 Å². The molecule has 4 nitrogen and oxygen atoms in total. The van der Waals surface area contributed by atoms with Gasteiger partial charge in [-0.2, -0.15) is 18.2 Å². The van der Waals surface area contributed by atoms with Crippen molar-refractivity contribution in [3.05, 3.63) is 41.6 Å². The van der Waals surface area contributed by atoms with E-state index >= 15 is 0 Å². The predicted molar refractivity (Wildman–Crippen MR) is 65.9 cm³/mol. The molecule has 0 bridgehead atoms. The minimum absolute atomic E-state index is 0.239. The van der Waals surface area contributed by atoms with E-state index in [2.05, 4.69) is 15.3 Å². The summed E-state index contributed by atoms with van der Waals surface area (Å²) in [7, 11) is 0. The Morgan fingerprint density at radius 2 is 1.79 bits per heavy atom. The van der Waals surface area contributed by atoms with E-state index < -0.39 is 11.7 Å². The van der Waals surface area contributed by atoms with E-state index in [1.807, 2.05) is 0 Å². The summed E-state index contributed by atoms with van der Waals surface area (Å²) in [5.41, 5.74) is 6.10. The van der Waals surface area contributed by atoms with E-state index in [9.17, 15) is 13.2 Å². The molecule has 0 unspecified atom stereocenters. The Balaban J connectivity index is 2.17. The van der Waals surface area contributed by atoms with E-state index in [0.29, 0.717) is 11.5 Å². The Hall–Kier alpha value is -2.31. The largest absolute Gasteiger partial charge is 0.416 e. The zero-order chi connectivity index (χ0) is 14.0.